The van der Waals surface area contributed by atoms with Crippen LogP contribution in [0, 0.1) is 0 Å². The third-order valence-electron chi connectivity index (χ3n) is 3.74. The van der Waals surface area contributed by atoms with E-state index in [-0.39, 0.29) is 6.04 Å². The van der Waals surface area contributed by atoms with Crippen molar-refractivity contribution in [2.24, 2.45) is 5.73 Å². The van der Waals surface area contributed by atoms with Gasteiger partial charge in [0, 0.05) is 23.8 Å². The fraction of sp³-hybridized carbons (Fsp3) is 0.471. The Bertz CT molecular complexity index is 609. The van der Waals surface area contributed by atoms with Crippen LogP contribution in [0.3, 0.4) is 0 Å². The van der Waals surface area contributed by atoms with Crippen molar-refractivity contribution >= 4 is 22.7 Å². The van der Waals surface area contributed by atoms with Gasteiger partial charge in [-0.1, -0.05) is 18.2 Å². The smallest absolute Gasteiger partial charge is 0.100 e. The lowest BCUT2D eigenvalue weighted by atomic mass is 10.1. The molecule has 0 radical (unpaired) electrons. The summed E-state index contributed by atoms with van der Waals surface area (Å²) in [5.74, 6) is 0.983. The van der Waals surface area contributed by atoms with Crippen molar-refractivity contribution in [3.63, 3.8) is 0 Å². The molecule has 1 aromatic heterocycles. The third kappa shape index (κ3) is 3.76. The highest BCUT2D eigenvalue weighted by molar-refractivity contribution is 7.99. The van der Waals surface area contributed by atoms with E-state index in [1.54, 1.807) is 0 Å². The van der Waals surface area contributed by atoms with Crippen LogP contribution < -0.4 is 5.73 Å². The number of nitrogens with zero attached hydrogens (tertiary/aromatic N) is 1. The van der Waals surface area contributed by atoms with Crippen molar-refractivity contribution in [3.8, 4) is 0 Å². The Hall–Kier alpha value is -1.10. The summed E-state index contributed by atoms with van der Waals surface area (Å²) in [6.07, 6.45) is 3.60. The van der Waals surface area contributed by atoms with Gasteiger partial charge in [-0.25, -0.2) is 4.98 Å². The minimum atomic E-state index is 0.148. The number of rotatable bonds is 5. The number of pyridine rings is 1. The van der Waals surface area contributed by atoms with Crippen LogP contribution in [0.5, 0.6) is 0 Å². The molecule has 4 heteroatoms. The van der Waals surface area contributed by atoms with Gasteiger partial charge in [-0.3, -0.25) is 0 Å². The van der Waals surface area contributed by atoms with Gasteiger partial charge in [-0.15, -0.1) is 11.8 Å². The van der Waals surface area contributed by atoms with E-state index in [9.17, 15) is 0 Å². The number of aromatic nitrogens is 1. The molecule has 2 heterocycles. The molecule has 2 unspecified atom stereocenters. The summed E-state index contributed by atoms with van der Waals surface area (Å²) in [5.41, 5.74) is 8.31. The molecule has 0 amide bonds. The van der Waals surface area contributed by atoms with Crippen molar-refractivity contribution in [1.82, 2.24) is 4.98 Å². The highest BCUT2D eigenvalue weighted by Crippen LogP contribution is 2.28. The lowest BCUT2D eigenvalue weighted by molar-refractivity contribution is 0.129. The van der Waals surface area contributed by atoms with Crippen LogP contribution in [0.15, 0.2) is 35.4 Å². The number of benzene rings is 1. The molecule has 2 N–H and O–H groups in total. The quantitative estimate of drug-likeness (QED) is 0.860. The number of hydrogen-bond donors (Lipinski definition) is 1. The van der Waals surface area contributed by atoms with Gasteiger partial charge in [0.05, 0.1) is 11.6 Å². The first-order chi connectivity index (χ1) is 10.2. The fourth-order valence-electron chi connectivity index (χ4n) is 2.71. The number of nitrogens with two attached hydrogens (primary N) is 1. The summed E-state index contributed by atoms with van der Waals surface area (Å²) in [4.78, 5) is 4.84. The maximum absolute atomic E-state index is 5.99. The molecule has 0 spiro atoms. The molecule has 112 valence electrons. The molecule has 0 bridgehead atoms. The van der Waals surface area contributed by atoms with Crippen LogP contribution in [-0.4, -0.2) is 29.5 Å². The maximum atomic E-state index is 5.99. The first-order valence-corrected chi connectivity index (χ1v) is 8.59. The lowest BCUT2D eigenvalue weighted by Gasteiger charge is -2.14. The third-order valence-corrected chi connectivity index (χ3v) is 4.90. The molecule has 1 saturated heterocycles. The number of fused-ring (bicyclic) bond motifs is 1. The molecule has 0 aliphatic carbocycles. The van der Waals surface area contributed by atoms with E-state index in [1.807, 2.05) is 24.8 Å². The molecule has 2 atom stereocenters. The molecular weight excluding hydrogens is 280 g/mol. The van der Waals surface area contributed by atoms with E-state index < -0.39 is 0 Å². The highest BCUT2D eigenvalue weighted by atomic mass is 32.2. The van der Waals surface area contributed by atoms with Gasteiger partial charge >= 0.3 is 0 Å². The fourth-order valence-corrected chi connectivity index (χ4v) is 3.81. The zero-order valence-electron chi connectivity index (χ0n) is 12.4. The van der Waals surface area contributed by atoms with Gasteiger partial charge in [0.1, 0.15) is 5.03 Å². The molecule has 21 heavy (non-hydrogen) atoms. The Morgan fingerprint density at radius 1 is 1.43 bits per heavy atom. The van der Waals surface area contributed by atoms with Crippen molar-refractivity contribution in [2.75, 3.05) is 12.4 Å². The van der Waals surface area contributed by atoms with Crippen LogP contribution in [0.2, 0.25) is 0 Å². The van der Waals surface area contributed by atoms with E-state index in [0.717, 1.165) is 29.3 Å². The first kappa shape index (κ1) is 14.8. The van der Waals surface area contributed by atoms with Crippen LogP contribution in [0.25, 0.3) is 10.9 Å². The second-order valence-electron chi connectivity index (χ2n) is 5.77. The molecule has 3 rings (SSSR count). The first-order valence-electron chi connectivity index (χ1n) is 7.61. The van der Waals surface area contributed by atoms with Gasteiger partial charge in [0.2, 0.25) is 0 Å². The van der Waals surface area contributed by atoms with Crippen LogP contribution >= 0.6 is 11.8 Å². The summed E-state index contributed by atoms with van der Waals surface area (Å²) in [7, 11) is 0. The molecule has 3 nitrogen and oxygen atoms in total. The van der Waals surface area contributed by atoms with Gasteiger partial charge in [-0.05, 0) is 43.9 Å². The van der Waals surface area contributed by atoms with Crippen molar-refractivity contribution in [2.45, 2.75) is 43.4 Å². The Labute approximate surface area is 130 Å². The standard InChI is InChI=1S/C17H22N2OS/c1-12(18)9-14-10-13-5-2-3-7-16(13)19-17(14)21-11-15-6-4-8-20-15/h2-3,5,7,10,12,15H,4,6,8-9,11,18H2,1H3. The van der Waals surface area contributed by atoms with Crippen LogP contribution in [0.1, 0.15) is 25.3 Å². The minimum Gasteiger partial charge on any atom is -0.377 e. The number of para-hydroxylation sites is 1. The monoisotopic (exact) mass is 302 g/mol. The van der Waals surface area contributed by atoms with Crippen molar-refractivity contribution in [1.29, 1.82) is 0 Å². The Morgan fingerprint density at radius 3 is 3.05 bits per heavy atom. The maximum Gasteiger partial charge on any atom is 0.100 e. The van der Waals surface area contributed by atoms with Crippen LogP contribution in [0.4, 0.5) is 0 Å². The average Bonchev–Trinajstić information content (AvgIpc) is 2.97. The van der Waals surface area contributed by atoms with Gasteiger partial charge < -0.3 is 10.5 Å². The number of hydrogen-bond acceptors (Lipinski definition) is 4. The van der Waals surface area contributed by atoms with Crippen LogP contribution in [-0.2, 0) is 11.2 Å². The molecule has 0 saturated carbocycles. The van der Waals surface area contributed by atoms with E-state index >= 15 is 0 Å². The zero-order chi connectivity index (χ0) is 14.7. The minimum absolute atomic E-state index is 0.148. The van der Waals surface area contributed by atoms with Gasteiger partial charge in [0.15, 0.2) is 0 Å². The topological polar surface area (TPSA) is 48.1 Å². The summed E-state index contributed by atoms with van der Waals surface area (Å²) in [6, 6.07) is 10.7. The average molecular weight is 302 g/mol. The van der Waals surface area contributed by atoms with E-state index in [2.05, 4.69) is 24.3 Å². The SMILES string of the molecule is CC(N)Cc1cc2ccccc2nc1SCC1CCCO1. The van der Waals surface area contributed by atoms with Crippen molar-refractivity contribution in [3.05, 3.63) is 35.9 Å². The predicted octanol–water partition coefficient (Wildman–Crippen LogP) is 3.40. The largest absolute Gasteiger partial charge is 0.377 e. The molecule has 2 aromatic rings. The van der Waals surface area contributed by atoms with E-state index in [1.165, 1.54) is 23.8 Å². The van der Waals surface area contributed by atoms with Crippen molar-refractivity contribution < 1.29 is 4.74 Å². The summed E-state index contributed by atoms with van der Waals surface area (Å²) >= 11 is 1.81. The summed E-state index contributed by atoms with van der Waals surface area (Å²) < 4.78 is 5.71. The van der Waals surface area contributed by atoms with Gasteiger partial charge in [0.25, 0.3) is 0 Å². The molecular formula is C17H22N2OS. The molecule has 1 aromatic carbocycles. The van der Waals surface area contributed by atoms with E-state index in [4.69, 9.17) is 15.5 Å². The summed E-state index contributed by atoms with van der Waals surface area (Å²) in [5, 5.41) is 2.30. The Morgan fingerprint density at radius 2 is 2.29 bits per heavy atom. The second kappa shape index (κ2) is 6.77. The lowest BCUT2D eigenvalue weighted by Crippen LogP contribution is -2.18. The molecule has 1 aliphatic rings. The molecule has 1 aliphatic heterocycles. The molecule has 1 fully saturated rings. The number of thioether (sulfide) groups is 1. The predicted molar refractivity (Wildman–Crippen MR) is 88.8 cm³/mol. The zero-order valence-corrected chi connectivity index (χ0v) is 13.2. The van der Waals surface area contributed by atoms with Gasteiger partial charge in [-0.2, -0.15) is 0 Å². The second-order valence-corrected chi connectivity index (χ2v) is 6.78. The highest BCUT2D eigenvalue weighted by Gasteiger charge is 2.17. The normalized spacial score (nSPS) is 20.0. The summed E-state index contributed by atoms with van der Waals surface area (Å²) in [6.45, 7) is 2.95. The Balaban J connectivity index is 1.85. The Kier molecular flexibility index (Phi) is 4.78. The number of ether oxygens (including phenoxy) is 1. The van der Waals surface area contributed by atoms with E-state index in [0.29, 0.717) is 6.10 Å².